The summed E-state index contributed by atoms with van der Waals surface area (Å²) in [6, 6.07) is 12.5. The zero-order chi connectivity index (χ0) is 14.5. The molecule has 0 aliphatic carbocycles. The van der Waals surface area contributed by atoms with Crippen LogP contribution in [0.1, 0.15) is 12.5 Å². The molecule has 0 saturated carbocycles. The van der Waals surface area contributed by atoms with Gasteiger partial charge in [-0.15, -0.1) is 0 Å². The Morgan fingerprint density at radius 3 is 2.70 bits per heavy atom. The molecule has 0 bridgehead atoms. The quantitative estimate of drug-likeness (QED) is 0.905. The summed E-state index contributed by atoms with van der Waals surface area (Å²) in [6.45, 7) is 1.77. The fourth-order valence-corrected chi connectivity index (χ4v) is 1.97. The third-order valence-corrected chi connectivity index (χ3v) is 2.90. The number of halogens is 1. The van der Waals surface area contributed by atoms with E-state index in [2.05, 4.69) is 5.32 Å². The Morgan fingerprint density at radius 1 is 1.25 bits per heavy atom. The van der Waals surface area contributed by atoms with E-state index in [0.717, 1.165) is 5.56 Å². The topological polar surface area (TPSA) is 64.3 Å². The molecule has 2 rings (SSSR count). The van der Waals surface area contributed by atoms with Gasteiger partial charge in [-0.25, -0.2) is 0 Å². The van der Waals surface area contributed by atoms with Gasteiger partial charge in [0.25, 0.3) is 0 Å². The van der Waals surface area contributed by atoms with Crippen LogP contribution in [-0.4, -0.2) is 5.91 Å². The van der Waals surface area contributed by atoms with Gasteiger partial charge < -0.3 is 15.8 Å². The van der Waals surface area contributed by atoms with Crippen molar-refractivity contribution in [1.82, 2.24) is 0 Å². The Balaban J connectivity index is 2.32. The summed E-state index contributed by atoms with van der Waals surface area (Å²) in [7, 11) is 0. The molecule has 4 nitrogen and oxygen atoms in total. The fourth-order valence-electron chi connectivity index (χ4n) is 1.77. The van der Waals surface area contributed by atoms with Crippen LogP contribution in [0.15, 0.2) is 42.5 Å². The molecule has 0 unspecified atom stereocenters. The van der Waals surface area contributed by atoms with E-state index in [4.69, 9.17) is 22.1 Å². The lowest BCUT2D eigenvalue weighted by Crippen LogP contribution is -2.07. The van der Waals surface area contributed by atoms with Crippen molar-refractivity contribution in [3.63, 3.8) is 0 Å². The Morgan fingerprint density at radius 2 is 2.00 bits per heavy atom. The minimum absolute atomic E-state index is 0.156. The Bertz CT molecular complexity index is 629. The van der Waals surface area contributed by atoms with Crippen LogP contribution in [0.5, 0.6) is 11.5 Å². The van der Waals surface area contributed by atoms with Crippen molar-refractivity contribution in [2.45, 2.75) is 13.5 Å². The van der Waals surface area contributed by atoms with E-state index in [1.165, 1.54) is 6.92 Å². The van der Waals surface area contributed by atoms with Crippen LogP contribution in [-0.2, 0) is 11.3 Å². The van der Waals surface area contributed by atoms with Crippen molar-refractivity contribution < 1.29 is 9.53 Å². The lowest BCUT2D eigenvalue weighted by atomic mass is 10.2. The zero-order valence-corrected chi connectivity index (χ0v) is 11.8. The van der Waals surface area contributed by atoms with E-state index in [-0.39, 0.29) is 5.91 Å². The number of ether oxygens (including phenoxy) is 1. The number of amides is 1. The van der Waals surface area contributed by atoms with Crippen LogP contribution in [0.2, 0.25) is 5.02 Å². The Kier molecular flexibility index (Phi) is 4.61. The number of benzene rings is 2. The van der Waals surface area contributed by atoms with Crippen molar-refractivity contribution in [2.24, 2.45) is 5.73 Å². The predicted molar refractivity (Wildman–Crippen MR) is 80.2 cm³/mol. The van der Waals surface area contributed by atoms with Crippen LogP contribution in [0.3, 0.4) is 0 Å². The molecular formula is C15H15ClN2O2. The molecule has 0 radical (unpaired) electrons. The average Bonchev–Trinajstić information content (AvgIpc) is 2.42. The Labute approximate surface area is 122 Å². The molecule has 0 atom stereocenters. The fraction of sp³-hybridized carbons (Fsp3) is 0.133. The minimum Gasteiger partial charge on any atom is -0.455 e. The molecule has 2 aromatic rings. The molecule has 0 heterocycles. The molecular weight excluding hydrogens is 276 g/mol. The largest absolute Gasteiger partial charge is 0.455 e. The molecule has 0 aliphatic rings. The molecule has 0 saturated heterocycles. The first kappa shape index (κ1) is 14.4. The lowest BCUT2D eigenvalue weighted by molar-refractivity contribution is -0.114. The third-order valence-electron chi connectivity index (χ3n) is 2.66. The summed E-state index contributed by atoms with van der Waals surface area (Å²) in [4.78, 5) is 11.2. The van der Waals surface area contributed by atoms with Gasteiger partial charge in [0.2, 0.25) is 5.91 Å². The first-order valence-electron chi connectivity index (χ1n) is 6.13. The number of hydrogen-bond donors (Lipinski definition) is 2. The van der Waals surface area contributed by atoms with E-state index in [1.54, 1.807) is 30.3 Å². The van der Waals surface area contributed by atoms with Gasteiger partial charge in [-0.05, 0) is 30.3 Å². The van der Waals surface area contributed by atoms with Crippen LogP contribution < -0.4 is 15.8 Å². The lowest BCUT2D eigenvalue weighted by Gasteiger charge is -2.14. The number of carbonyl (C=O) groups is 1. The van der Waals surface area contributed by atoms with Crippen LogP contribution in [0.4, 0.5) is 5.69 Å². The van der Waals surface area contributed by atoms with Gasteiger partial charge in [-0.2, -0.15) is 0 Å². The summed E-state index contributed by atoms with van der Waals surface area (Å²) in [5, 5.41) is 3.33. The Hall–Kier alpha value is -2.04. The number of anilines is 1. The second-order valence-corrected chi connectivity index (χ2v) is 4.67. The van der Waals surface area contributed by atoms with Gasteiger partial charge >= 0.3 is 0 Å². The van der Waals surface area contributed by atoms with E-state index in [9.17, 15) is 4.79 Å². The molecule has 0 fully saturated rings. The summed E-state index contributed by atoms with van der Waals surface area (Å²) in [5.41, 5.74) is 7.09. The first-order chi connectivity index (χ1) is 9.60. The number of hydrogen-bond acceptors (Lipinski definition) is 3. The summed E-state index contributed by atoms with van der Waals surface area (Å²) < 4.78 is 5.83. The van der Waals surface area contributed by atoms with Crippen LogP contribution in [0, 0.1) is 0 Å². The molecule has 3 N–H and O–H groups in total. The number of nitrogens with one attached hydrogen (secondary N) is 1. The van der Waals surface area contributed by atoms with Gasteiger partial charge in [0.1, 0.15) is 5.75 Å². The van der Waals surface area contributed by atoms with E-state index in [1.807, 2.05) is 12.1 Å². The van der Waals surface area contributed by atoms with Crippen molar-refractivity contribution >= 4 is 23.2 Å². The van der Waals surface area contributed by atoms with Crippen molar-refractivity contribution in [3.8, 4) is 11.5 Å². The molecule has 20 heavy (non-hydrogen) atoms. The number of nitrogens with two attached hydrogens (primary N) is 1. The molecule has 0 aliphatic heterocycles. The van der Waals surface area contributed by atoms with Gasteiger partial charge in [-0.3, -0.25) is 4.79 Å². The average molecular weight is 291 g/mol. The van der Waals surface area contributed by atoms with Gasteiger partial charge in [0, 0.05) is 24.1 Å². The number of carbonyl (C=O) groups excluding carboxylic acids is 1. The normalized spacial score (nSPS) is 10.2. The smallest absolute Gasteiger partial charge is 0.221 e. The molecule has 0 aromatic heterocycles. The van der Waals surface area contributed by atoms with E-state index < -0.39 is 0 Å². The second-order valence-electron chi connectivity index (χ2n) is 4.24. The van der Waals surface area contributed by atoms with E-state index >= 15 is 0 Å². The highest BCUT2D eigenvalue weighted by Crippen LogP contribution is 2.32. The molecule has 5 heteroatoms. The van der Waals surface area contributed by atoms with Crippen molar-refractivity contribution in [2.75, 3.05) is 5.32 Å². The molecule has 1 amide bonds. The number of para-hydroxylation sites is 2. The predicted octanol–water partition coefficient (Wildman–Crippen LogP) is 3.55. The summed E-state index contributed by atoms with van der Waals surface area (Å²) >= 11 is 5.93. The maximum atomic E-state index is 11.2. The highest BCUT2D eigenvalue weighted by Gasteiger charge is 2.09. The summed E-state index contributed by atoms with van der Waals surface area (Å²) in [5.74, 6) is 1.02. The van der Waals surface area contributed by atoms with Crippen molar-refractivity contribution in [3.05, 3.63) is 53.1 Å². The van der Waals surface area contributed by atoms with Crippen molar-refractivity contribution in [1.29, 1.82) is 0 Å². The monoisotopic (exact) mass is 290 g/mol. The maximum absolute atomic E-state index is 11.2. The van der Waals surface area contributed by atoms with Gasteiger partial charge in [0.05, 0.1) is 5.69 Å². The van der Waals surface area contributed by atoms with Crippen LogP contribution in [0.25, 0.3) is 0 Å². The highest BCUT2D eigenvalue weighted by atomic mass is 35.5. The highest BCUT2D eigenvalue weighted by molar-refractivity contribution is 6.30. The zero-order valence-electron chi connectivity index (χ0n) is 11.0. The second kappa shape index (κ2) is 6.41. The van der Waals surface area contributed by atoms with Gasteiger partial charge in [0.15, 0.2) is 5.75 Å². The first-order valence-corrected chi connectivity index (χ1v) is 6.51. The maximum Gasteiger partial charge on any atom is 0.221 e. The standard InChI is InChI=1S/C15H15ClN2O2/c1-10(19)18-13-4-2-3-5-15(13)20-14-7-6-12(16)8-11(14)9-17/h2-8H,9,17H2,1H3,(H,18,19). The molecule has 104 valence electrons. The SMILES string of the molecule is CC(=O)Nc1ccccc1Oc1ccc(Cl)cc1CN. The third kappa shape index (κ3) is 3.50. The molecule has 2 aromatic carbocycles. The summed E-state index contributed by atoms with van der Waals surface area (Å²) in [6.07, 6.45) is 0. The van der Waals surface area contributed by atoms with E-state index in [0.29, 0.717) is 28.8 Å². The van der Waals surface area contributed by atoms with Gasteiger partial charge in [-0.1, -0.05) is 23.7 Å². The van der Waals surface area contributed by atoms with Crippen LogP contribution >= 0.6 is 11.6 Å². The minimum atomic E-state index is -0.156. The molecule has 0 spiro atoms. The number of rotatable bonds is 4.